The van der Waals surface area contributed by atoms with Crippen molar-refractivity contribution in [2.75, 3.05) is 0 Å². The van der Waals surface area contributed by atoms with E-state index in [2.05, 4.69) is 13.8 Å². The number of hydrogen-bond acceptors (Lipinski definition) is 2. The van der Waals surface area contributed by atoms with Crippen molar-refractivity contribution >= 4 is 0 Å². The molecular weight excluding hydrogens is 140 g/mol. The third kappa shape index (κ3) is 1.18. The maximum Gasteiger partial charge on any atom is 0.166 e. The SMILES string of the molecule is CCC1O[C@]2(C)CCC[C@H]1O2. The molecule has 0 N–H and O–H groups in total. The third-order valence-corrected chi connectivity index (χ3v) is 2.74. The molecule has 2 aliphatic heterocycles. The molecule has 2 heteroatoms. The summed E-state index contributed by atoms with van der Waals surface area (Å²) in [5, 5.41) is 0. The second kappa shape index (κ2) is 2.46. The smallest absolute Gasteiger partial charge is 0.166 e. The summed E-state index contributed by atoms with van der Waals surface area (Å²) in [6, 6.07) is 0. The van der Waals surface area contributed by atoms with Crippen LogP contribution in [0.2, 0.25) is 0 Å². The van der Waals surface area contributed by atoms with Crippen LogP contribution in [-0.4, -0.2) is 18.0 Å². The third-order valence-electron chi connectivity index (χ3n) is 2.74. The minimum atomic E-state index is -0.233. The fourth-order valence-corrected chi connectivity index (χ4v) is 2.15. The van der Waals surface area contributed by atoms with Crippen LogP contribution in [-0.2, 0) is 9.47 Å². The van der Waals surface area contributed by atoms with Crippen LogP contribution in [0.1, 0.15) is 39.5 Å². The first-order chi connectivity index (χ1) is 5.23. The molecule has 0 spiro atoms. The summed E-state index contributed by atoms with van der Waals surface area (Å²) < 4.78 is 11.6. The number of hydrogen-bond donors (Lipinski definition) is 0. The average Bonchev–Trinajstić information content (AvgIpc) is 2.21. The van der Waals surface area contributed by atoms with Crippen molar-refractivity contribution in [2.45, 2.75) is 57.5 Å². The van der Waals surface area contributed by atoms with Gasteiger partial charge in [-0.25, -0.2) is 0 Å². The molecule has 2 nitrogen and oxygen atoms in total. The maximum atomic E-state index is 5.80. The number of fused-ring (bicyclic) bond motifs is 2. The lowest BCUT2D eigenvalue weighted by Gasteiger charge is -2.26. The van der Waals surface area contributed by atoms with Crippen molar-refractivity contribution in [1.82, 2.24) is 0 Å². The second-order valence-electron chi connectivity index (χ2n) is 3.75. The molecule has 0 aromatic heterocycles. The van der Waals surface area contributed by atoms with Gasteiger partial charge in [0.2, 0.25) is 0 Å². The Bertz CT molecular complexity index is 158. The van der Waals surface area contributed by atoms with Crippen molar-refractivity contribution in [1.29, 1.82) is 0 Å². The van der Waals surface area contributed by atoms with Gasteiger partial charge in [0.05, 0.1) is 12.2 Å². The molecule has 0 aromatic carbocycles. The summed E-state index contributed by atoms with van der Waals surface area (Å²) in [6.07, 6.45) is 5.35. The standard InChI is InChI=1S/C9H16O2/c1-3-7-8-5-4-6-9(2,10-7)11-8/h7-8H,3-6H2,1-2H3/t7?,8-,9+/m1/s1. The van der Waals surface area contributed by atoms with E-state index in [4.69, 9.17) is 9.47 Å². The number of rotatable bonds is 1. The van der Waals surface area contributed by atoms with Gasteiger partial charge >= 0.3 is 0 Å². The minimum Gasteiger partial charge on any atom is -0.344 e. The Morgan fingerprint density at radius 3 is 2.91 bits per heavy atom. The largest absolute Gasteiger partial charge is 0.344 e. The summed E-state index contributed by atoms with van der Waals surface area (Å²) in [7, 11) is 0. The highest BCUT2D eigenvalue weighted by Crippen LogP contribution is 2.40. The molecule has 2 aliphatic rings. The van der Waals surface area contributed by atoms with Gasteiger partial charge in [-0.1, -0.05) is 6.92 Å². The van der Waals surface area contributed by atoms with Crippen LogP contribution in [0, 0.1) is 0 Å². The summed E-state index contributed by atoms with van der Waals surface area (Å²) in [5.41, 5.74) is 0. The van der Waals surface area contributed by atoms with E-state index in [9.17, 15) is 0 Å². The van der Waals surface area contributed by atoms with E-state index in [-0.39, 0.29) is 5.79 Å². The van der Waals surface area contributed by atoms with Crippen LogP contribution < -0.4 is 0 Å². The van der Waals surface area contributed by atoms with Gasteiger partial charge in [-0.2, -0.15) is 0 Å². The van der Waals surface area contributed by atoms with E-state index in [0.717, 1.165) is 12.8 Å². The van der Waals surface area contributed by atoms with Crippen LogP contribution in [0.4, 0.5) is 0 Å². The molecule has 2 bridgehead atoms. The van der Waals surface area contributed by atoms with Crippen molar-refractivity contribution in [3.8, 4) is 0 Å². The van der Waals surface area contributed by atoms with Gasteiger partial charge in [-0.05, 0) is 26.2 Å². The lowest BCUT2D eigenvalue weighted by molar-refractivity contribution is -0.179. The zero-order valence-electron chi connectivity index (χ0n) is 7.30. The Hall–Kier alpha value is -0.0800. The van der Waals surface area contributed by atoms with Crippen LogP contribution in [0.5, 0.6) is 0 Å². The molecule has 2 heterocycles. The summed E-state index contributed by atoms with van der Waals surface area (Å²) in [4.78, 5) is 0. The Morgan fingerprint density at radius 2 is 2.27 bits per heavy atom. The normalized spacial score (nSPS) is 49.6. The quantitative estimate of drug-likeness (QED) is 0.578. The van der Waals surface area contributed by atoms with E-state index in [1.807, 2.05) is 0 Å². The molecule has 2 fully saturated rings. The van der Waals surface area contributed by atoms with Gasteiger partial charge in [-0.15, -0.1) is 0 Å². The predicted octanol–water partition coefficient (Wildman–Crippen LogP) is 2.08. The zero-order chi connectivity index (χ0) is 7.90. The van der Waals surface area contributed by atoms with Crippen LogP contribution in [0.25, 0.3) is 0 Å². The first-order valence-electron chi connectivity index (χ1n) is 4.59. The van der Waals surface area contributed by atoms with E-state index in [0.29, 0.717) is 12.2 Å². The lowest BCUT2D eigenvalue weighted by Crippen LogP contribution is -2.30. The molecule has 0 radical (unpaired) electrons. The molecule has 64 valence electrons. The average molecular weight is 156 g/mol. The Balaban J connectivity index is 2.10. The van der Waals surface area contributed by atoms with Crippen molar-refractivity contribution < 1.29 is 9.47 Å². The zero-order valence-corrected chi connectivity index (χ0v) is 7.30. The summed E-state index contributed by atoms with van der Waals surface area (Å²) in [6.45, 7) is 4.23. The molecular formula is C9H16O2. The minimum absolute atomic E-state index is 0.233. The lowest BCUT2D eigenvalue weighted by atomic mass is 10.0. The summed E-state index contributed by atoms with van der Waals surface area (Å²) >= 11 is 0. The van der Waals surface area contributed by atoms with Crippen LogP contribution in [0.3, 0.4) is 0 Å². The first-order valence-corrected chi connectivity index (χ1v) is 4.59. The van der Waals surface area contributed by atoms with Gasteiger partial charge < -0.3 is 9.47 Å². The molecule has 0 amide bonds. The Kier molecular flexibility index (Phi) is 1.69. The molecule has 2 rings (SSSR count). The highest BCUT2D eigenvalue weighted by Gasteiger charge is 2.45. The molecule has 2 saturated heterocycles. The molecule has 0 saturated carbocycles. The van der Waals surface area contributed by atoms with Gasteiger partial charge in [0.15, 0.2) is 5.79 Å². The maximum absolute atomic E-state index is 5.80. The van der Waals surface area contributed by atoms with Crippen LogP contribution in [0.15, 0.2) is 0 Å². The fourth-order valence-electron chi connectivity index (χ4n) is 2.15. The van der Waals surface area contributed by atoms with Gasteiger partial charge in [0, 0.05) is 6.42 Å². The van der Waals surface area contributed by atoms with Gasteiger partial charge in [0.1, 0.15) is 0 Å². The Labute approximate surface area is 67.9 Å². The highest BCUT2D eigenvalue weighted by atomic mass is 16.8. The van der Waals surface area contributed by atoms with Crippen molar-refractivity contribution in [3.05, 3.63) is 0 Å². The topological polar surface area (TPSA) is 18.5 Å². The monoisotopic (exact) mass is 156 g/mol. The molecule has 11 heavy (non-hydrogen) atoms. The van der Waals surface area contributed by atoms with Crippen molar-refractivity contribution in [3.63, 3.8) is 0 Å². The molecule has 1 unspecified atom stereocenters. The first kappa shape index (κ1) is 7.56. The van der Waals surface area contributed by atoms with E-state index in [1.165, 1.54) is 12.8 Å². The predicted molar refractivity (Wildman–Crippen MR) is 42.3 cm³/mol. The van der Waals surface area contributed by atoms with E-state index < -0.39 is 0 Å². The molecule has 0 aromatic rings. The van der Waals surface area contributed by atoms with E-state index >= 15 is 0 Å². The van der Waals surface area contributed by atoms with Crippen LogP contribution >= 0.6 is 0 Å². The second-order valence-corrected chi connectivity index (χ2v) is 3.75. The van der Waals surface area contributed by atoms with Crippen molar-refractivity contribution in [2.24, 2.45) is 0 Å². The van der Waals surface area contributed by atoms with Gasteiger partial charge in [-0.3, -0.25) is 0 Å². The van der Waals surface area contributed by atoms with Gasteiger partial charge in [0.25, 0.3) is 0 Å². The molecule has 3 atom stereocenters. The summed E-state index contributed by atoms with van der Waals surface area (Å²) in [5.74, 6) is -0.233. The fraction of sp³-hybridized carbons (Fsp3) is 1.00. The Morgan fingerprint density at radius 1 is 1.45 bits per heavy atom. The van der Waals surface area contributed by atoms with E-state index in [1.54, 1.807) is 0 Å². The number of ether oxygens (including phenoxy) is 2. The molecule has 0 aliphatic carbocycles. The highest BCUT2D eigenvalue weighted by molar-refractivity contribution is 4.87.